The molecule has 1 aromatic rings. The lowest BCUT2D eigenvalue weighted by molar-refractivity contribution is -0.131. The van der Waals surface area contributed by atoms with E-state index in [0.29, 0.717) is 18.2 Å². The second-order valence-corrected chi connectivity index (χ2v) is 6.12. The Bertz CT molecular complexity index is 475. The van der Waals surface area contributed by atoms with Crippen molar-refractivity contribution in [1.29, 1.82) is 0 Å². The number of amides is 2. The van der Waals surface area contributed by atoms with Crippen LogP contribution in [0.25, 0.3) is 0 Å². The number of thiazole rings is 1. The van der Waals surface area contributed by atoms with Gasteiger partial charge in [-0.25, -0.2) is 4.98 Å². The molecule has 2 heterocycles. The molecular weight excluding hydrogens is 278 g/mol. The van der Waals surface area contributed by atoms with Gasteiger partial charge in [0.15, 0.2) is 0 Å². The summed E-state index contributed by atoms with van der Waals surface area (Å²) in [7, 11) is 0. The summed E-state index contributed by atoms with van der Waals surface area (Å²) in [6, 6.07) is 0. The standard InChI is InChI=1S/C13H19N3O3S/c1-9(2)3-15-4-10(17)5-16(6-12(15)18)13(19)11-7-20-8-14-11/h7-10,17H,3-6H2,1-2H3. The first-order chi connectivity index (χ1) is 9.47. The van der Waals surface area contributed by atoms with Crippen LogP contribution in [0.5, 0.6) is 0 Å². The Kier molecular flexibility index (Phi) is 4.72. The SMILES string of the molecule is CC(C)CN1CC(O)CN(C(=O)c2cscn2)CC1=O. The predicted octanol–water partition coefficient (Wildman–Crippen LogP) is 0.444. The van der Waals surface area contributed by atoms with Crippen LogP contribution < -0.4 is 0 Å². The number of β-amino-alcohol motifs (C(OH)–C–C–N with tert-alkyl or cyclic N) is 1. The van der Waals surface area contributed by atoms with Crippen molar-refractivity contribution < 1.29 is 14.7 Å². The molecule has 0 bridgehead atoms. The molecule has 7 heteroatoms. The fraction of sp³-hybridized carbons (Fsp3) is 0.615. The average molecular weight is 297 g/mol. The van der Waals surface area contributed by atoms with E-state index in [0.717, 1.165) is 0 Å². The van der Waals surface area contributed by atoms with Crippen LogP contribution >= 0.6 is 11.3 Å². The van der Waals surface area contributed by atoms with Crippen LogP contribution in [-0.4, -0.2) is 64.0 Å². The molecule has 1 saturated heterocycles. The van der Waals surface area contributed by atoms with Crippen LogP contribution in [0, 0.1) is 5.92 Å². The quantitative estimate of drug-likeness (QED) is 0.879. The van der Waals surface area contributed by atoms with Gasteiger partial charge in [0.25, 0.3) is 5.91 Å². The number of aromatic nitrogens is 1. The van der Waals surface area contributed by atoms with Crippen molar-refractivity contribution in [3.63, 3.8) is 0 Å². The first-order valence-electron chi connectivity index (χ1n) is 6.60. The maximum atomic E-state index is 12.2. The molecule has 1 unspecified atom stereocenters. The minimum absolute atomic E-state index is 0.000139. The monoisotopic (exact) mass is 297 g/mol. The number of rotatable bonds is 3. The van der Waals surface area contributed by atoms with E-state index in [1.54, 1.807) is 15.8 Å². The molecule has 1 aliphatic heterocycles. The fourth-order valence-electron chi connectivity index (χ4n) is 2.25. The number of carbonyl (C=O) groups excluding carboxylic acids is 2. The van der Waals surface area contributed by atoms with Crippen LogP contribution in [0.15, 0.2) is 10.9 Å². The number of hydrogen-bond acceptors (Lipinski definition) is 5. The van der Waals surface area contributed by atoms with E-state index in [9.17, 15) is 14.7 Å². The van der Waals surface area contributed by atoms with E-state index < -0.39 is 6.10 Å². The van der Waals surface area contributed by atoms with Crippen molar-refractivity contribution in [1.82, 2.24) is 14.8 Å². The summed E-state index contributed by atoms with van der Waals surface area (Å²) in [4.78, 5) is 31.4. The molecule has 0 saturated carbocycles. The molecule has 2 amide bonds. The van der Waals surface area contributed by atoms with Crippen LogP contribution in [0.1, 0.15) is 24.3 Å². The van der Waals surface area contributed by atoms with Crippen LogP contribution in [0.4, 0.5) is 0 Å². The molecule has 0 radical (unpaired) electrons. The second kappa shape index (κ2) is 6.32. The lowest BCUT2D eigenvalue weighted by Crippen LogP contribution is -2.40. The Labute approximate surface area is 122 Å². The van der Waals surface area contributed by atoms with Crippen molar-refractivity contribution in [2.45, 2.75) is 20.0 Å². The fourth-order valence-corrected chi connectivity index (χ4v) is 2.77. The van der Waals surface area contributed by atoms with Gasteiger partial charge in [-0.15, -0.1) is 11.3 Å². The van der Waals surface area contributed by atoms with E-state index in [-0.39, 0.29) is 31.4 Å². The molecule has 0 spiro atoms. The topological polar surface area (TPSA) is 73.7 Å². The molecule has 6 nitrogen and oxygen atoms in total. The van der Waals surface area contributed by atoms with Crippen molar-refractivity contribution in [3.8, 4) is 0 Å². The molecule has 0 aliphatic carbocycles. The Morgan fingerprint density at radius 1 is 1.55 bits per heavy atom. The number of aliphatic hydroxyl groups excluding tert-OH is 1. The van der Waals surface area contributed by atoms with Crippen molar-refractivity contribution in [2.24, 2.45) is 5.92 Å². The van der Waals surface area contributed by atoms with Crippen molar-refractivity contribution in [2.75, 3.05) is 26.2 Å². The third-order valence-corrected chi connectivity index (χ3v) is 3.65. The molecule has 2 rings (SSSR count). The minimum atomic E-state index is -0.720. The molecule has 1 aliphatic rings. The molecule has 1 atom stereocenters. The van der Waals surface area contributed by atoms with Gasteiger partial charge in [-0.1, -0.05) is 13.8 Å². The summed E-state index contributed by atoms with van der Waals surface area (Å²) < 4.78 is 0. The van der Waals surface area contributed by atoms with Gasteiger partial charge in [0.05, 0.1) is 11.6 Å². The zero-order valence-corrected chi connectivity index (χ0v) is 12.5. The lowest BCUT2D eigenvalue weighted by atomic mass is 10.2. The molecule has 20 heavy (non-hydrogen) atoms. The largest absolute Gasteiger partial charge is 0.389 e. The molecule has 0 aromatic carbocycles. The van der Waals surface area contributed by atoms with E-state index >= 15 is 0 Å². The highest BCUT2D eigenvalue weighted by Gasteiger charge is 2.30. The summed E-state index contributed by atoms with van der Waals surface area (Å²) in [5, 5.41) is 11.7. The van der Waals surface area contributed by atoms with Gasteiger partial charge in [-0.2, -0.15) is 0 Å². The summed E-state index contributed by atoms with van der Waals surface area (Å²) in [6.07, 6.45) is -0.720. The van der Waals surface area contributed by atoms with E-state index in [1.165, 1.54) is 16.2 Å². The number of carbonyl (C=O) groups is 2. The van der Waals surface area contributed by atoms with Crippen molar-refractivity contribution >= 4 is 23.2 Å². The molecule has 1 N–H and O–H groups in total. The Morgan fingerprint density at radius 2 is 2.30 bits per heavy atom. The normalized spacial score (nSPS) is 20.4. The summed E-state index contributed by atoms with van der Waals surface area (Å²) in [6.45, 7) is 5.06. The van der Waals surface area contributed by atoms with Gasteiger partial charge in [0.1, 0.15) is 12.2 Å². The number of hydrogen-bond donors (Lipinski definition) is 1. The molecule has 1 aromatic heterocycles. The number of nitrogens with zero attached hydrogens (tertiary/aromatic N) is 3. The third kappa shape index (κ3) is 3.55. The van der Waals surface area contributed by atoms with Gasteiger partial charge < -0.3 is 14.9 Å². The first-order valence-corrected chi connectivity index (χ1v) is 7.55. The summed E-state index contributed by atoms with van der Waals surface area (Å²) in [5.41, 5.74) is 1.90. The van der Waals surface area contributed by atoms with Gasteiger partial charge in [-0.3, -0.25) is 9.59 Å². The van der Waals surface area contributed by atoms with E-state index in [1.807, 2.05) is 13.8 Å². The van der Waals surface area contributed by atoms with Crippen LogP contribution in [0.2, 0.25) is 0 Å². The summed E-state index contributed by atoms with van der Waals surface area (Å²) >= 11 is 1.33. The minimum Gasteiger partial charge on any atom is -0.389 e. The van der Waals surface area contributed by atoms with E-state index in [4.69, 9.17) is 0 Å². The molecule has 110 valence electrons. The summed E-state index contributed by atoms with van der Waals surface area (Å²) in [5.74, 6) is -0.101. The van der Waals surface area contributed by atoms with Gasteiger partial charge >= 0.3 is 0 Å². The maximum Gasteiger partial charge on any atom is 0.273 e. The highest BCUT2D eigenvalue weighted by molar-refractivity contribution is 7.07. The Balaban J connectivity index is 2.10. The van der Waals surface area contributed by atoms with Gasteiger partial charge in [-0.05, 0) is 5.92 Å². The van der Waals surface area contributed by atoms with Crippen LogP contribution in [-0.2, 0) is 4.79 Å². The smallest absolute Gasteiger partial charge is 0.273 e. The van der Waals surface area contributed by atoms with Crippen molar-refractivity contribution in [3.05, 3.63) is 16.6 Å². The van der Waals surface area contributed by atoms with Crippen LogP contribution in [0.3, 0.4) is 0 Å². The molecule has 1 fully saturated rings. The maximum absolute atomic E-state index is 12.2. The predicted molar refractivity (Wildman–Crippen MR) is 75.4 cm³/mol. The second-order valence-electron chi connectivity index (χ2n) is 5.41. The number of aliphatic hydroxyl groups is 1. The highest BCUT2D eigenvalue weighted by Crippen LogP contribution is 2.12. The lowest BCUT2D eigenvalue weighted by Gasteiger charge is -2.23. The van der Waals surface area contributed by atoms with E-state index in [2.05, 4.69) is 4.98 Å². The zero-order valence-electron chi connectivity index (χ0n) is 11.7. The average Bonchev–Trinajstić information content (AvgIpc) is 2.85. The Morgan fingerprint density at radius 3 is 2.90 bits per heavy atom. The highest BCUT2D eigenvalue weighted by atomic mass is 32.1. The molecular formula is C13H19N3O3S. The zero-order chi connectivity index (χ0) is 14.7. The third-order valence-electron chi connectivity index (χ3n) is 3.07. The first kappa shape index (κ1) is 14.9. The Hall–Kier alpha value is -1.47. The van der Waals surface area contributed by atoms with Gasteiger partial charge in [0.2, 0.25) is 5.91 Å². The van der Waals surface area contributed by atoms with Gasteiger partial charge in [0, 0.05) is 25.0 Å².